The Hall–Kier alpha value is -0.640. The van der Waals surface area contributed by atoms with Crippen LogP contribution in [0.2, 0.25) is 0 Å². The predicted octanol–water partition coefficient (Wildman–Crippen LogP) is 2.66. The Bertz CT molecular complexity index is 274. The van der Waals surface area contributed by atoms with Crippen molar-refractivity contribution in [1.82, 2.24) is 0 Å². The third-order valence-corrected chi connectivity index (χ3v) is 2.03. The van der Waals surface area contributed by atoms with Crippen molar-refractivity contribution in [3.05, 3.63) is 46.1 Å². The molecule has 0 saturated heterocycles. The van der Waals surface area contributed by atoms with Crippen molar-refractivity contribution in [3.8, 4) is 0 Å². The largest absolute Gasteiger partial charge is 0.289 e. The second kappa shape index (κ2) is 3.67. The van der Waals surface area contributed by atoms with E-state index >= 15 is 0 Å². The van der Waals surface area contributed by atoms with Crippen molar-refractivity contribution in [3.63, 3.8) is 0 Å². The zero-order valence-corrected chi connectivity index (χ0v) is 8.04. The van der Waals surface area contributed by atoms with Crippen LogP contribution in [0.3, 0.4) is 0 Å². The van der Waals surface area contributed by atoms with Crippen molar-refractivity contribution < 1.29 is 4.79 Å². The van der Waals surface area contributed by atoms with E-state index in [9.17, 15) is 4.79 Å². The molecule has 0 saturated carbocycles. The fourth-order valence-corrected chi connectivity index (χ4v) is 1.09. The smallest absolute Gasteiger partial charge is 0.185 e. The monoisotopic (exact) mass is 258 g/mol. The van der Waals surface area contributed by atoms with Gasteiger partial charge >= 0.3 is 0 Å². The average Bonchev–Trinajstić information content (AvgIpc) is 2.05. The summed E-state index contributed by atoms with van der Waals surface area (Å²) in [7, 11) is 0. The van der Waals surface area contributed by atoms with E-state index in [2.05, 4.69) is 29.2 Å². The van der Waals surface area contributed by atoms with E-state index in [-0.39, 0.29) is 5.78 Å². The first-order valence-electron chi connectivity index (χ1n) is 3.16. The first-order chi connectivity index (χ1) is 5.24. The highest BCUT2D eigenvalue weighted by molar-refractivity contribution is 14.1. The lowest BCUT2D eigenvalue weighted by atomic mass is 10.1. The van der Waals surface area contributed by atoms with Gasteiger partial charge in [-0.1, -0.05) is 18.7 Å². The molecule has 0 aliphatic heterocycles. The molecule has 0 atom stereocenters. The van der Waals surface area contributed by atoms with Crippen LogP contribution in [0.1, 0.15) is 10.4 Å². The average molecular weight is 258 g/mol. The van der Waals surface area contributed by atoms with E-state index in [1.165, 1.54) is 6.08 Å². The zero-order valence-electron chi connectivity index (χ0n) is 5.88. The molecule has 0 spiro atoms. The Morgan fingerprint density at radius 1 is 1.36 bits per heavy atom. The summed E-state index contributed by atoms with van der Waals surface area (Å²) in [6.45, 7) is 3.41. The van der Waals surface area contributed by atoms with Gasteiger partial charge in [0.15, 0.2) is 5.78 Å². The third-order valence-electron chi connectivity index (χ3n) is 1.31. The van der Waals surface area contributed by atoms with Crippen molar-refractivity contribution in [2.24, 2.45) is 0 Å². The van der Waals surface area contributed by atoms with E-state index < -0.39 is 0 Å². The molecule has 0 unspecified atom stereocenters. The van der Waals surface area contributed by atoms with Gasteiger partial charge in [0.25, 0.3) is 0 Å². The highest BCUT2D eigenvalue weighted by Gasteiger charge is 1.98. The molecule has 0 aliphatic carbocycles. The molecule has 2 heteroatoms. The van der Waals surface area contributed by atoms with E-state index in [0.29, 0.717) is 5.56 Å². The quantitative estimate of drug-likeness (QED) is 0.452. The maximum atomic E-state index is 11.0. The number of ketones is 1. The Morgan fingerprint density at radius 2 is 1.91 bits per heavy atom. The summed E-state index contributed by atoms with van der Waals surface area (Å²) in [5, 5.41) is 0. The Labute approximate surface area is 79.3 Å². The van der Waals surface area contributed by atoms with Gasteiger partial charge < -0.3 is 0 Å². The molecule has 0 aromatic heterocycles. The molecule has 0 N–H and O–H groups in total. The summed E-state index contributed by atoms with van der Waals surface area (Å²) in [6.07, 6.45) is 1.32. The highest BCUT2D eigenvalue weighted by Crippen LogP contribution is 2.07. The van der Waals surface area contributed by atoms with Crippen LogP contribution in [0, 0.1) is 3.57 Å². The third kappa shape index (κ3) is 2.15. The lowest BCUT2D eigenvalue weighted by Gasteiger charge is -1.93. The minimum Gasteiger partial charge on any atom is -0.289 e. The van der Waals surface area contributed by atoms with Gasteiger partial charge in [0.05, 0.1) is 0 Å². The lowest BCUT2D eigenvalue weighted by molar-refractivity contribution is 0.104. The number of benzene rings is 1. The van der Waals surface area contributed by atoms with E-state index in [0.717, 1.165) is 3.57 Å². The van der Waals surface area contributed by atoms with Crippen LogP contribution in [0.15, 0.2) is 36.9 Å². The van der Waals surface area contributed by atoms with Crippen LogP contribution < -0.4 is 0 Å². The van der Waals surface area contributed by atoms with Gasteiger partial charge in [0.2, 0.25) is 0 Å². The fourth-order valence-electron chi connectivity index (χ4n) is 0.732. The van der Waals surface area contributed by atoms with Gasteiger partial charge in [0, 0.05) is 9.13 Å². The van der Waals surface area contributed by atoms with Gasteiger partial charge in [-0.2, -0.15) is 0 Å². The molecular formula is C9H7IO. The van der Waals surface area contributed by atoms with E-state index in [4.69, 9.17) is 0 Å². The standard InChI is InChI=1S/C9H7IO/c1-2-9(11)7-3-5-8(10)6-4-7/h2-6H,1H2. The minimum absolute atomic E-state index is 0.0265. The van der Waals surface area contributed by atoms with E-state index in [1.807, 2.05) is 12.1 Å². The van der Waals surface area contributed by atoms with Crippen LogP contribution in [0.5, 0.6) is 0 Å². The molecule has 56 valence electrons. The predicted molar refractivity (Wildman–Crippen MR) is 53.7 cm³/mol. The maximum absolute atomic E-state index is 11.0. The summed E-state index contributed by atoms with van der Waals surface area (Å²) >= 11 is 2.19. The number of carbonyl (C=O) groups excluding carboxylic acids is 1. The molecule has 1 aromatic rings. The van der Waals surface area contributed by atoms with Crippen LogP contribution in [0.25, 0.3) is 0 Å². The molecule has 11 heavy (non-hydrogen) atoms. The maximum Gasteiger partial charge on any atom is 0.185 e. The number of hydrogen-bond donors (Lipinski definition) is 0. The second-order valence-corrected chi connectivity index (χ2v) is 3.32. The molecule has 0 amide bonds. The van der Waals surface area contributed by atoms with Crippen LogP contribution >= 0.6 is 22.6 Å². The normalized spacial score (nSPS) is 9.18. The summed E-state index contributed by atoms with van der Waals surface area (Å²) in [4.78, 5) is 11.0. The first-order valence-corrected chi connectivity index (χ1v) is 4.24. The molecular weight excluding hydrogens is 251 g/mol. The Kier molecular flexibility index (Phi) is 2.82. The summed E-state index contributed by atoms with van der Waals surface area (Å²) in [5.74, 6) is -0.0265. The van der Waals surface area contributed by atoms with Crippen LogP contribution in [-0.4, -0.2) is 5.78 Å². The van der Waals surface area contributed by atoms with E-state index in [1.54, 1.807) is 12.1 Å². The summed E-state index contributed by atoms with van der Waals surface area (Å²) in [6, 6.07) is 7.40. The van der Waals surface area contributed by atoms with Crippen LogP contribution in [-0.2, 0) is 0 Å². The zero-order chi connectivity index (χ0) is 8.27. The van der Waals surface area contributed by atoms with Crippen molar-refractivity contribution in [2.75, 3.05) is 0 Å². The minimum atomic E-state index is -0.0265. The Morgan fingerprint density at radius 3 is 2.36 bits per heavy atom. The summed E-state index contributed by atoms with van der Waals surface area (Å²) < 4.78 is 1.13. The second-order valence-electron chi connectivity index (χ2n) is 2.08. The number of carbonyl (C=O) groups is 1. The van der Waals surface area contributed by atoms with Gasteiger partial charge in [0.1, 0.15) is 0 Å². The molecule has 1 nitrogen and oxygen atoms in total. The molecule has 0 fully saturated rings. The van der Waals surface area contributed by atoms with Crippen molar-refractivity contribution >= 4 is 28.4 Å². The lowest BCUT2D eigenvalue weighted by Crippen LogP contribution is -1.92. The first kappa shape index (κ1) is 8.46. The molecule has 1 aromatic carbocycles. The molecule has 0 aliphatic rings. The molecule has 1 rings (SSSR count). The molecule has 0 bridgehead atoms. The summed E-state index contributed by atoms with van der Waals surface area (Å²) in [5.41, 5.74) is 0.695. The van der Waals surface area contributed by atoms with Gasteiger partial charge in [-0.3, -0.25) is 4.79 Å². The van der Waals surface area contributed by atoms with Gasteiger partial charge in [-0.25, -0.2) is 0 Å². The number of halogens is 1. The van der Waals surface area contributed by atoms with Gasteiger partial charge in [-0.15, -0.1) is 0 Å². The number of hydrogen-bond acceptors (Lipinski definition) is 1. The number of rotatable bonds is 2. The SMILES string of the molecule is C=CC(=O)c1ccc(I)cc1. The molecule has 0 radical (unpaired) electrons. The Balaban J connectivity index is 2.98. The number of allylic oxidation sites excluding steroid dienone is 1. The fraction of sp³-hybridized carbons (Fsp3) is 0. The highest BCUT2D eigenvalue weighted by atomic mass is 127. The van der Waals surface area contributed by atoms with Gasteiger partial charge in [-0.05, 0) is 40.8 Å². The van der Waals surface area contributed by atoms with Crippen molar-refractivity contribution in [1.29, 1.82) is 0 Å². The molecule has 0 heterocycles. The van der Waals surface area contributed by atoms with Crippen LogP contribution in [0.4, 0.5) is 0 Å². The topological polar surface area (TPSA) is 17.1 Å². The van der Waals surface area contributed by atoms with Crippen molar-refractivity contribution in [2.45, 2.75) is 0 Å².